The van der Waals surface area contributed by atoms with Crippen LogP contribution in [0.1, 0.15) is 5.56 Å². The second kappa shape index (κ2) is 10.2. The molecule has 0 radical (unpaired) electrons. The zero-order valence-electron chi connectivity index (χ0n) is 18.7. The van der Waals surface area contributed by atoms with Gasteiger partial charge in [0.1, 0.15) is 6.54 Å². The number of ether oxygens (including phenoxy) is 2. The number of rotatable bonds is 9. The van der Waals surface area contributed by atoms with Crippen molar-refractivity contribution in [3.8, 4) is 11.5 Å². The average Bonchev–Trinajstić information content (AvgIpc) is 2.83. The van der Waals surface area contributed by atoms with Gasteiger partial charge in [0, 0.05) is 18.2 Å². The highest BCUT2D eigenvalue weighted by Crippen LogP contribution is 2.32. The van der Waals surface area contributed by atoms with Gasteiger partial charge in [-0.2, -0.15) is 0 Å². The molecule has 11 heteroatoms. The Kier molecular flexibility index (Phi) is 7.37. The molecule has 0 saturated carbocycles. The number of nitro benzene ring substituents is 1. The Hall–Kier alpha value is -4.12. The zero-order valence-corrected chi connectivity index (χ0v) is 19.5. The van der Waals surface area contributed by atoms with Crippen LogP contribution in [0.3, 0.4) is 0 Å². The first-order valence-electron chi connectivity index (χ1n) is 10.0. The molecule has 0 fully saturated rings. The van der Waals surface area contributed by atoms with E-state index >= 15 is 0 Å². The quantitative estimate of drug-likeness (QED) is 0.361. The first-order valence-corrected chi connectivity index (χ1v) is 11.5. The van der Waals surface area contributed by atoms with Crippen LogP contribution >= 0.6 is 0 Å². The Morgan fingerprint density at radius 3 is 2.29 bits per heavy atom. The molecule has 0 saturated heterocycles. The molecule has 0 spiro atoms. The maximum absolute atomic E-state index is 13.6. The Bertz CT molecular complexity index is 1310. The van der Waals surface area contributed by atoms with Gasteiger partial charge in [0.25, 0.3) is 15.7 Å². The van der Waals surface area contributed by atoms with Crippen molar-refractivity contribution in [1.29, 1.82) is 0 Å². The monoisotopic (exact) mass is 485 g/mol. The Morgan fingerprint density at radius 2 is 1.68 bits per heavy atom. The molecule has 0 aliphatic carbocycles. The van der Waals surface area contributed by atoms with E-state index in [0.29, 0.717) is 11.3 Å². The number of non-ortho nitro benzene ring substituents is 1. The van der Waals surface area contributed by atoms with E-state index < -0.39 is 27.4 Å². The fraction of sp³-hybridized carbons (Fsp3) is 0.174. The third kappa shape index (κ3) is 5.26. The number of hydrogen-bond donors (Lipinski definition) is 1. The second-order valence-corrected chi connectivity index (χ2v) is 9.03. The first kappa shape index (κ1) is 24.5. The van der Waals surface area contributed by atoms with Crippen LogP contribution < -0.4 is 19.1 Å². The van der Waals surface area contributed by atoms with Gasteiger partial charge < -0.3 is 14.8 Å². The minimum absolute atomic E-state index is 0.103. The molecule has 0 aliphatic rings. The SMILES string of the molecule is COc1ccc(S(=O)(=O)N(CC(=O)Nc2cc([N+](=O)[O-])ccc2C)c2ccccc2)cc1OC. The summed E-state index contributed by atoms with van der Waals surface area (Å²) in [5, 5.41) is 13.7. The van der Waals surface area contributed by atoms with Crippen LogP contribution in [-0.4, -0.2) is 40.0 Å². The standard InChI is InChI=1S/C23H23N3O7S/c1-16-9-10-18(26(28)29)13-20(16)24-23(27)15-25(17-7-5-4-6-8-17)34(30,31)19-11-12-21(32-2)22(14-19)33-3/h4-14H,15H2,1-3H3,(H,24,27). The number of methoxy groups -OCH3 is 2. The summed E-state index contributed by atoms with van der Waals surface area (Å²) in [5.41, 5.74) is 0.880. The number of sulfonamides is 1. The van der Waals surface area contributed by atoms with Crippen molar-refractivity contribution < 1.29 is 27.6 Å². The van der Waals surface area contributed by atoms with E-state index in [-0.39, 0.29) is 27.7 Å². The highest BCUT2D eigenvalue weighted by molar-refractivity contribution is 7.92. The van der Waals surface area contributed by atoms with Gasteiger partial charge >= 0.3 is 0 Å². The molecule has 0 heterocycles. The maximum Gasteiger partial charge on any atom is 0.271 e. The lowest BCUT2D eigenvalue weighted by molar-refractivity contribution is -0.384. The predicted molar refractivity (Wildman–Crippen MR) is 127 cm³/mol. The normalized spacial score (nSPS) is 10.9. The molecule has 34 heavy (non-hydrogen) atoms. The number of nitrogens with one attached hydrogen (secondary N) is 1. The van der Waals surface area contributed by atoms with E-state index in [0.717, 1.165) is 4.31 Å². The van der Waals surface area contributed by atoms with Gasteiger partial charge in [-0.05, 0) is 36.8 Å². The number of nitro groups is 1. The number of benzene rings is 3. The maximum atomic E-state index is 13.6. The van der Waals surface area contributed by atoms with Crippen molar-refractivity contribution in [3.63, 3.8) is 0 Å². The van der Waals surface area contributed by atoms with Gasteiger partial charge in [-0.3, -0.25) is 19.2 Å². The minimum atomic E-state index is -4.20. The molecule has 0 aromatic heterocycles. The summed E-state index contributed by atoms with van der Waals surface area (Å²) in [6.45, 7) is 1.11. The third-order valence-electron chi connectivity index (χ3n) is 4.98. The topological polar surface area (TPSA) is 128 Å². The summed E-state index contributed by atoms with van der Waals surface area (Å²) in [4.78, 5) is 23.3. The molecular weight excluding hydrogens is 462 g/mol. The highest BCUT2D eigenvalue weighted by atomic mass is 32.2. The number of para-hydroxylation sites is 1. The van der Waals surface area contributed by atoms with E-state index in [1.807, 2.05) is 0 Å². The summed E-state index contributed by atoms with van der Waals surface area (Å²) >= 11 is 0. The van der Waals surface area contributed by atoms with Gasteiger partial charge in [0.2, 0.25) is 5.91 Å². The fourth-order valence-corrected chi connectivity index (χ4v) is 4.63. The van der Waals surface area contributed by atoms with Crippen LogP contribution in [0.4, 0.5) is 17.1 Å². The summed E-state index contributed by atoms with van der Waals surface area (Å²) in [5.74, 6) is -0.101. The van der Waals surface area contributed by atoms with Crippen molar-refractivity contribution in [2.24, 2.45) is 0 Å². The van der Waals surface area contributed by atoms with Crippen molar-refractivity contribution >= 4 is 33.0 Å². The highest BCUT2D eigenvalue weighted by Gasteiger charge is 2.28. The van der Waals surface area contributed by atoms with E-state index in [2.05, 4.69) is 5.32 Å². The van der Waals surface area contributed by atoms with Crippen LogP contribution in [0, 0.1) is 17.0 Å². The van der Waals surface area contributed by atoms with Crippen molar-refractivity contribution in [2.75, 3.05) is 30.4 Å². The first-order chi connectivity index (χ1) is 16.2. The summed E-state index contributed by atoms with van der Waals surface area (Å²) in [6, 6.07) is 16.3. The second-order valence-electron chi connectivity index (χ2n) is 7.17. The summed E-state index contributed by atoms with van der Waals surface area (Å²) in [6.07, 6.45) is 0. The Morgan fingerprint density at radius 1 is 1.00 bits per heavy atom. The van der Waals surface area contributed by atoms with Crippen molar-refractivity contribution in [1.82, 2.24) is 0 Å². The number of aryl methyl sites for hydroxylation is 1. The molecule has 178 valence electrons. The molecule has 0 aliphatic heterocycles. The molecule has 1 N–H and O–H groups in total. The summed E-state index contributed by atoms with van der Waals surface area (Å²) in [7, 11) is -1.38. The number of hydrogen-bond acceptors (Lipinski definition) is 7. The van der Waals surface area contributed by atoms with E-state index in [1.165, 1.54) is 50.6 Å². The predicted octanol–water partition coefficient (Wildman–Crippen LogP) is 3.75. The Labute approximate surface area is 196 Å². The average molecular weight is 486 g/mol. The zero-order chi connectivity index (χ0) is 24.9. The van der Waals surface area contributed by atoms with Gasteiger partial charge in [0.15, 0.2) is 11.5 Å². The van der Waals surface area contributed by atoms with Gasteiger partial charge in [-0.1, -0.05) is 24.3 Å². The van der Waals surface area contributed by atoms with Crippen LogP contribution in [0.2, 0.25) is 0 Å². The van der Waals surface area contributed by atoms with E-state index in [4.69, 9.17) is 9.47 Å². The van der Waals surface area contributed by atoms with Gasteiger partial charge in [-0.25, -0.2) is 8.42 Å². The molecule has 1 amide bonds. The Balaban J connectivity index is 1.97. The molecule has 0 atom stereocenters. The molecule has 3 rings (SSSR count). The van der Waals surface area contributed by atoms with Crippen LogP contribution in [0.5, 0.6) is 11.5 Å². The van der Waals surface area contributed by atoms with Crippen LogP contribution in [0.15, 0.2) is 71.6 Å². The molecule has 0 unspecified atom stereocenters. The number of nitrogens with zero attached hydrogens (tertiary/aromatic N) is 2. The van der Waals surface area contributed by atoms with Crippen molar-refractivity contribution in [2.45, 2.75) is 11.8 Å². The molecule has 0 bridgehead atoms. The minimum Gasteiger partial charge on any atom is -0.493 e. The third-order valence-corrected chi connectivity index (χ3v) is 6.75. The lowest BCUT2D eigenvalue weighted by Gasteiger charge is -2.24. The lowest BCUT2D eigenvalue weighted by Crippen LogP contribution is -2.38. The number of carbonyl (C=O) groups is 1. The molecule has 10 nitrogen and oxygen atoms in total. The molecule has 3 aromatic rings. The van der Waals surface area contributed by atoms with Crippen LogP contribution in [0.25, 0.3) is 0 Å². The lowest BCUT2D eigenvalue weighted by atomic mass is 10.2. The van der Waals surface area contributed by atoms with E-state index in [1.54, 1.807) is 37.3 Å². The summed E-state index contributed by atoms with van der Waals surface area (Å²) < 4.78 is 38.5. The number of anilines is 2. The largest absolute Gasteiger partial charge is 0.493 e. The number of carbonyl (C=O) groups excluding carboxylic acids is 1. The van der Waals surface area contributed by atoms with Crippen molar-refractivity contribution in [3.05, 3.63) is 82.4 Å². The van der Waals surface area contributed by atoms with Crippen LogP contribution in [-0.2, 0) is 14.8 Å². The van der Waals surface area contributed by atoms with Gasteiger partial charge in [-0.15, -0.1) is 0 Å². The molecule has 3 aromatic carbocycles. The fourth-order valence-electron chi connectivity index (χ4n) is 3.19. The number of amides is 1. The molecular formula is C23H23N3O7S. The van der Waals surface area contributed by atoms with Gasteiger partial charge in [0.05, 0.1) is 35.4 Å². The van der Waals surface area contributed by atoms with E-state index in [9.17, 15) is 23.3 Å². The smallest absolute Gasteiger partial charge is 0.271 e.